The predicted octanol–water partition coefficient (Wildman–Crippen LogP) is 6.56. The Morgan fingerprint density at radius 3 is 2.22 bits per heavy atom. The lowest BCUT2D eigenvalue weighted by molar-refractivity contribution is 0.303. The average molecular weight is 364 g/mol. The van der Waals surface area contributed by atoms with Crippen LogP contribution in [0, 0.1) is 11.8 Å². The van der Waals surface area contributed by atoms with Gasteiger partial charge in [0.1, 0.15) is 11.4 Å². The number of aryl methyl sites for hydroxylation is 1. The molecule has 2 nitrogen and oxygen atoms in total. The lowest BCUT2D eigenvalue weighted by atomic mass is 10.1. The molecule has 0 unspecified atom stereocenters. The summed E-state index contributed by atoms with van der Waals surface area (Å²) in [5.41, 5.74) is 3.19. The highest BCUT2D eigenvalue weighted by molar-refractivity contribution is 5.41. The molecule has 0 saturated carbocycles. The van der Waals surface area contributed by atoms with E-state index < -0.39 is 0 Å². The van der Waals surface area contributed by atoms with Crippen molar-refractivity contribution in [2.24, 2.45) is 0 Å². The van der Waals surface area contributed by atoms with E-state index in [9.17, 15) is 0 Å². The second kappa shape index (κ2) is 13.0. The van der Waals surface area contributed by atoms with Crippen LogP contribution in [0.1, 0.15) is 82.0 Å². The van der Waals surface area contributed by atoms with Crippen molar-refractivity contribution in [1.29, 1.82) is 0 Å². The minimum Gasteiger partial charge on any atom is -0.492 e. The first-order valence-corrected chi connectivity index (χ1v) is 10.5. The van der Waals surface area contributed by atoms with Gasteiger partial charge >= 0.3 is 0 Å². The van der Waals surface area contributed by atoms with E-state index in [0.717, 1.165) is 36.5 Å². The smallest absolute Gasteiger partial charge is 0.137 e. The Hall–Kier alpha value is -2.27. The summed E-state index contributed by atoms with van der Waals surface area (Å²) in [5, 5.41) is 0. The number of benzene rings is 1. The highest BCUT2D eigenvalue weighted by Crippen LogP contribution is 2.11. The topological polar surface area (TPSA) is 22.1 Å². The molecule has 0 amide bonds. The lowest BCUT2D eigenvalue weighted by Crippen LogP contribution is -1.98. The molecule has 27 heavy (non-hydrogen) atoms. The maximum atomic E-state index is 5.76. The summed E-state index contributed by atoms with van der Waals surface area (Å²) >= 11 is 0. The second-order valence-corrected chi connectivity index (χ2v) is 7.05. The largest absolute Gasteiger partial charge is 0.492 e. The van der Waals surface area contributed by atoms with E-state index in [-0.39, 0.29) is 0 Å². The molecule has 2 aromatic rings. The number of nitrogens with zero attached hydrogens (tertiary/aromatic N) is 1. The minimum absolute atomic E-state index is 0.767. The molecule has 1 aromatic heterocycles. The Labute approximate surface area is 165 Å². The first-order chi connectivity index (χ1) is 13.3. The average Bonchev–Trinajstić information content (AvgIpc) is 2.71. The van der Waals surface area contributed by atoms with Crippen molar-refractivity contribution in [3.05, 3.63) is 59.4 Å². The molecule has 0 fully saturated rings. The first-order valence-electron chi connectivity index (χ1n) is 10.5. The molecule has 0 aliphatic heterocycles. The van der Waals surface area contributed by atoms with Crippen LogP contribution in [0.3, 0.4) is 0 Å². The van der Waals surface area contributed by atoms with E-state index in [1.807, 2.05) is 12.1 Å². The fourth-order valence-electron chi connectivity index (χ4n) is 2.88. The van der Waals surface area contributed by atoms with Crippen LogP contribution in [0.5, 0.6) is 5.75 Å². The molecule has 2 heteroatoms. The normalized spacial score (nSPS) is 10.3. The summed E-state index contributed by atoms with van der Waals surface area (Å²) in [6.45, 7) is 5.23. The van der Waals surface area contributed by atoms with Crippen LogP contribution in [0.4, 0.5) is 0 Å². The molecule has 144 valence electrons. The number of hydrogen-bond acceptors (Lipinski definition) is 2. The fourth-order valence-corrected chi connectivity index (χ4v) is 2.88. The van der Waals surface area contributed by atoms with Gasteiger partial charge < -0.3 is 4.74 Å². The van der Waals surface area contributed by atoms with Gasteiger partial charge in [-0.1, -0.05) is 70.4 Å². The summed E-state index contributed by atoms with van der Waals surface area (Å²) in [6.07, 6.45) is 13.0. The molecule has 2 rings (SSSR count). The van der Waals surface area contributed by atoms with Crippen LogP contribution in [0.25, 0.3) is 0 Å². The zero-order chi connectivity index (χ0) is 19.2. The van der Waals surface area contributed by atoms with Crippen molar-refractivity contribution in [1.82, 2.24) is 4.98 Å². The van der Waals surface area contributed by atoms with Gasteiger partial charge in [0.25, 0.3) is 0 Å². The van der Waals surface area contributed by atoms with Gasteiger partial charge in [0.15, 0.2) is 0 Å². The molecule has 0 bridgehead atoms. The molecule has 0 atom stereocenters. The van der Waals surface area contributed by atoms with Crippen LogP contribution in [-0.2, 0) is 6.42 Å². The quantitative estimate of drug-likeness (QED) is 0.333. The Bertz CT molecular complexity index is 692. The van der Waals surface area contributed by atoms with Gasteiger partial charge in [0, 0.05) is 5.56 Å². The zero-order valence-electron chi connectivity index (χ0n) is 17.0. The van der Waals surface area contributed by atoms with E-state index >= 15 is 0 Å². The Morgan fingerprint density at radius 1 is 0.778 bits per heavy atom. The molecule has 1 heterocycles. The Balaban J connectivity index is 1.74. The van der Waals surface area contributed by atoms with E-state index in [1.54, 1.807) is 6.20 Å². The first kappa shape index (κ1) is 21.0. The van der Waals surface area contributed by atoms with Gasteiger partial charge in [-0.3, -0.25) is 0 Å². The van der Waals surface area contributed by atoms with Crippen molar-refractivity contribution >= 4 is 0 Å². The monoisotopic (exact) mass is 363 g/mol. The van der Waals surface area contributed by atoms with Crippen molar-refractivity contribution in [2.45, 2.75) is 71.6 Å². The van der Waals surface area contributed by atoms with Crippen LogP contribution in [-0.4, -0.2) is 11.6 Å². The molecule has 0 spiro atoms. The third-order valence-corrected chi connectivity index (χ3v) is 4.61. The Kier molecular flexibility index (Phi) is 10.1. The van der Waals surface area contributed by atoms with E-state index in [0.29, 0.717) is 0 Å². The number of unbranched alkanes of at least 4 members (excludes halogenated alkanes) is 6. The molecule has 0 radical (unpaired) electrons. The molecule has 0 aliphatic carbocycles. The highest BCUT2D eigenvalue weighted by atomic mass is 16.5. The van der Waals surface area contributed by atoms with Crippen molar-refractivity contribution in [3.8, 4) is 17.6 Å². The number of aromatic nitrogens is 1. The third-order valence-electron chi connectivity index (χ3n) is 4.61. The lowest BCUT2D eigenvalue weighted by Gasteiger charge is -2.05. The zero-order valence-corrected chi connectivity index (χ0v) is 17.0. The summed E-state index contributed by atoms with van der Waals surface area (Å²) in [4.78, 5) is 4.39. The van der Waals surface area contributed by atoms with Gasteiger partial charge in [0.2, 0.25) is 0 Å². The molecule has 0 saturated heterocycles. The van der Waals surface area contributed by atoms with E-state index in [2.05, 4.69) is 54.9 Å². The summed E-state index contributed by atoms with van der Waals surface area (Å²) in [5.74, 6) is 7.15. The van der Waals surface area contributed by atoms with Crippen LogP contribution in [0.2, 0.25) is 0 Å². The van der Waals surface area contributed by atoms with Crippen molar-refractivity contribution in [3.63, 3.8) is 0 Å². The molecular formula is C25H33NO. The standard InChI is InChI=1S/C25H33NO/c1-3-5-7-8-9-10-20-27-25-19-18-24(26-21-25)17-16-23-14-12-22(13-15-23)11-6-4-2/h12-15,18-19,21H,3-11,20H2,1-2H3. The number of pyridine rings is 1. The number of hydrogen-bond donors (Lipinski definition) is 0. The second-order valence-electron chi connectivity index (χ2n) is 7.05. The van der Waals surface area contributed by atoms with Gasteiger partial charge in [-0.15, -0.1) is 0 Å². The maximum absolute atomic E-state index is 5.76. The van der Waals surface area contributed by atoms with Crippen LogP contribution < -0.4 is 4.74 Å². The third kappa shape index (κ3) is 8.78. The van der Waals surface area contributed by atoms with Crippen LogP contribution in [0.15, 0.2) is 42.6 Å². The number of ether oxygens (including phenoxy) is 1. The molecule has 0 N–H and O–H groups in total. The molecular weight excluding hydrogens is 330 g/mol. The molecule has 0 aliphatic rings. The molecule has 1 aromatic carbocycles. The van der Waals surface area contributed by atoms with Crippen molar-refractivity contribution < 1.29 is 4.74 Å². The maximum Gasteiger partial charge on any atom is 0.137 e. The highest BCUT2D eigenvalue weighted by Gasteiger charge is 1.97. The minimum atomic E-state index is 0.767. The van der Waals surface area contributed by atoms with Gasteiger partial charge in [-0.05, 0) is 55.0 Å². The van der Waals surface area contributed by atoms with E-state index in [4.69, 9.17) is 4.74 Å². The fraction of sp³-hybridized carbons (Fsp3) is 0.480. The van der Waals surface area contributed by atoms with Crippen LogP contribution >= 0.6 is 0 Å². The van der Waals surface area contributed by atoms with Gasteiger partial charge in [0.05, 0.1) is 12.8 Å². The summed E-state index contributed by atoms with van der Waals surface area (Å²) < 4.78 is 5.76. The summed E-state index contributed by atoms with van der Waals surface area (Å²) in [6, 6.07) is 12.4. The van der Waals surface area contributed by atoms with Gasteiger partial charge in [-0.25, -0.2) is 4.98 Å². The predicted molar refractivity (Wildman–Crippen MR) is 114 cm³/mol. The van der Waals surface area contributed by atoms with E-state index in [1.165, 1.54) is 50.5 Å². The van der Waals surface area contributed by atoms with Gasteiger partial charge in [-0.2, -0.15) is 0 Å². The number of rotatable bonds is 11. The summed E-state index contributed by atoms with van der Waals surface area (Å²) in [7, 11) is 0. The SMILES string of the molecule is CCCCCCCCOc1ccc(C#Cc2ccc(CCCC)cc2)nc1. The Morgan fingerprint density at radius 2 is 1.52 bits per heavy atom. The van der Waals surface area contributed by atoms with Crippen molar-refractivity contribution in [2.75, 3.05) is 6.61 Å².